The molecule has 1 heterocycles. The summed E-state index contributed by atoms with van der Waals surface area (Å²) in [6.45, 7) is 7.34. The fraction of sp³-hybridized carbons (Fsp3) is 0.611. The topological polar surface area (TPSA) is 49.6 Å². The lowest BCUT2D eigenvalue weighted by Crippen LogP contribution is -2.44. The van der Waals surface area contributed by atoms with Crippen LogP contribution in [0.5, 0.6) is 0 Å². The number of carbonyl (C=O) groups is 1. The molecular weight excluding hydrogens is 274 g/mol. The van der Waals surface area contributed by atoms with E-state index in [0.717, 1.165) is 25.9 Å². The number of hydrogen-bond donors (Lipinski definition) is 1. The first-order chi connectivity index (χ1) is 10.5. The fourth-order valence-electron chi connectivity index (χ4n) is 3.08. The van der Waals surface area contributed by atoms with E-state index >= 15 is 0 Å². The van der Waals surface area contributed by atoms with E-state index < -0.39 is 0 Å². The quantitative estimate of drug-likeness (QED) is 0.905. The van der Waals surface area contributed by atoms with E-state index in [9.17, 15) is 4.79 Å². The van der Waals surface area contributed by atoms with Gasteiger partial charge in [0.2, 0.25) is 5.91 Å². The Labute approximate surface area is 134 Å². The number of carbonyl (C=O) groups excluding carboxylic acids is 1. The average Bonchev–Trinajstić information content (AvgIpc) is 2.50. The van der Waals surface area contributed by atoms with E-state index in [1.807, 2.05) is 24.1 Å². The summed E-state index contributed by atoms with van der Waals surface area (Å²) in [5.74, 6) is 0.804. The molecule has 1 aromatic carbocycles. The molecule has 1 fully saturated rings. The summed E-state index contributed by atoms with van der Waals surface area (Å²) in [7, 11) is 1.89. The van der Waals surface area contributed by atoms with Crippen molar-refractivity contribution in [2.24, 2.45) is 11.7 Å². The lowest BCUT2D eigenvalue weighted by molar-refractivity contribution is -0.132. The third-order valence-electron chi connectivity index (χ3n) is 4.83. The summed E-state index contributed by atoms with van der Waals surface area (Å²) in [5, 5.41) is 0. The highest BCUT2D eigenvalue weighted by molar-refractivity contribution is 5.78. The number of likely N-dealkylation sites (tertiary alicyclic amines) is 1. The molecule has 2 N–H and O–H groups in total. The lowest BCUT2D eigenvalue weighted by Gasteiger charge is -2.34. The molecule has 4 nitrogen and oxygen atoms in total. The number of rotatable bonds is 5. The molecule has 1 saturated heterocycles. The maximum absolute atomic E-state index is 12.4. The molecule has 0 saturated carbocycles. The van der Waals surface area contributed by atoms with E-state index in [1.54, 1.807) is 0 Å². The van der Waals surface area contributed by atoms with Gasteiger partial charge in [-0.15, -0.1) is 0 Å². The SMILES string of the molecule is Cc1ccccc1CN(C)C(=O)CN1CCC(C(C)N)CC1. The number of likely N-dealkylation sites (N-methyl/N-ethyl adjacent to an activating group) is 1. The van der Waals surface area contributed by atoms with Crippen LogP contribution in [0.2, 0.25) is 0 Å². The first-order valence-corrected chi connectivity index (χ1v) is 8.23. The molecular formula is C18H29N3O. The van der Waals surface area contributed by atoms with Gasteiger partial charge < -0.3 is 10.6 Å². The van der Waals surface area contributed by atoms with Crippen molar-refractivity contribution in [2.75, 3.05) is 26.7 Å². The number of hydrogen-bond acceptors (Lipinski definition) is 3. The number of aryl methyl sites for hydroxylation is 1. The minimum absolute atomic E-state index is 0.197. The molecule has 0 aliphatic carbocycles. The highest BCUT2D eigenvalue weighted by atomic mass is 16.2. The minimum atomic E-state index is 0.197. The second-order valence-corrected chi connectivity index (χ2v) is 6.65. The van der Waals surface area contributed by atoms with Crippen molar-refractivity contribution in [1.82, 2.24) is 9.80 Å². The molecule has 1 aliphatic rings. The highest BCUT2D eigenvalue weighted by Gasteiger charge is 2.24. The van der Waals surface area contributed by atoms with Crippen LogP contribution in [0.15, 0.2) is 24.3 Å². The Morgan fingerprint density at radius 3 is 2.59 bits per heavy atom. The Morgan fingerprint density at radius 2 is 2.00 bits per heavy atom. The van der Waals surface area contributed by atoms with Crippen LogP contribution in [0.25, 0.3) is 0 Å². The summed E-state index contributed by atoms with van der Waals surface area (Å²) in [6, 6.07) is 8.50. The maximum Gasteiger partial charge on any atom is 0.236 e. The van der Waals surface area contributed by atoms with E-state index in [-0.39, 0.29) is 11.9 Å². The zero-order chi connectivity index (χ0) is 16.1. The largest absolute Gasteiger partial charge is 0.340 e. The van der Waals surface area contributed by atoms with Crippen LogP contribution in [0.1, 0.15) is 30.9 Å². The van der Waals surface area contributed by atoms with Crippen LogP contribution in [-0.2, 0) is 11.3 Å². The molecule has 0 spiro atoms. The number of piperidine rings is 1. The molecule has 122 valence electrons. The summed E-state index contributed by atoms with van der Waals surface area (Å²) in [4.78, 5) is 16.5. The zero-order valence-electron chi connectivity index (χ0n) is 14.1. The van der Waals surface area contributed by atoms with Crippen LogP contribution in [-0.4, -0.2) is 48.4 Å². The van der Waals surface area contributed by atoms with Crippen LogP contribution in [0, 0.1) is 12.8 Å². The average molecular weight is 303 g/mol. The third kappa shape index (κ3) is 4.55. The van der Waals surface area contributed by atoms with Crippen molar-refractivity contribution < 1.29 is 4.79 Å². The highest BCUT2D eigenvalue weighted by Crippen LogP contribution is 2.19. The van der Waals surface area contributed by atoms with Gasteiger partial charge in [-0.25, -0.2) is 0 Å². The van der Waals surface area contributed by atoms with Gasteiger partial charge >= 0.3 is 0 Å². The lowest BCUT2D eigenvalue weighted by atomic mass is 9.91. The van der Waals surface area contributed by atoms with Gasteiger partial charge in [-0.1, -0.05) is 24.3 Å². The van der Waals surface area contributed by atoms with Crippen molar-refractivity contribution in [3.63, 3.8) is 0 Å². The first kappa shape index (κ1) is 17.0. The summed E-state index contributed by atoms with van der Waals surface area (Å²) in [5.41, 5.74) is 8.42. The van der Waals surface area contributed by atoms with E-state index in [0.29, 0.717) is 19.0 Å². The molecule has 0 aromatic heterocycles. The second kappa shape index (κ2) is 7.75. The van der Waals surface area contributed by atoms with E-state index in [1.165, 1.54) is 11.1 Å². The van der Waals surface area contributed by atoms with Crippen LogP contribution < -0.4 is 5.73 Å². The van der Waals surface area contributed by atoms with Crippen molar-refractivity contribution in [1.29, 1.82) is 0 Å². The molecule has 4 heteroatoms. The predicted molar refractivity (Wildman–Crippen MR) is 90.5 cm³/mol. The number of benzene rings is 1. The summed E-state index contributed by atoms with van der Waals surface area (Å²) < 4.78 is 0. The Balaban J connectivity index is 1.81. The molecule has 0 bridgehead atoms. The van der Waals surface area contributed by atoms with Gasteiger partial charge in [0.1, 0.15) is 0 Å². The molecule has 2 rings (SSSR count). The predicted octanol–water partition coefficient (Wildman–Crippen LogP) is 2.01. The second-order valence-electron chi connectivity index (χ2n) is 6.65. The Morgan fingerprint density at radius 1 is 1.36 bits per heavy atom. The summed E-state index contributed by atoms with van der Waals surface area (Å²) in [6.07, 6.45) is 2.21. The van der Waals surface area contributed by atoms with Gasteiger partial charge in [-0.3, -0.25) is 9.69 Å². The third-order valence-corrected chi connectivity index (χ3v) is 4.83. The van der Waals surface area contributed by atoms with Crippen LogP contribution in [0.3, 0.4) is 0 Å². The van der Waals surface area contributed by atoms with Crippen molar-refractivity contribution in [3.8, 4) is 0 Å². The zero-order valence-corrected chi connectivity index (χ0v) is 14.1. The molecule has 1 aromatic rings. The number of amides is 1. The van der Waals surface area contributed by atoms with Crippen molar-refractivity contribution >= 4 is 5.91 Å². The van der Waals surface area contributed by atoms with Gasteiger partial charge in [0, 0.05) is 19.6 Å². The van der Waals surface area contributed by atoms with Gasteiger partial charge in [0.25, 0.3) is 0 Å². The molecule has 1 unspecified atom stereocenters. The first-order valence-electron chi connectivity index (χ1n) is 8.23. The Hall–Kier alpha value is -1.39. The standard InChI is InChI=1S/C18H29N3O/c1-14-6-4-5-7-17(14)12-20(3)18(22)13-21-10-8-16(9-11-21)15(2)19/h4-7,15-16H,8-13,19H2,1-3H3. The van der Waals surface area contributed by atoms with Gasteiger partial charge in [0.15, 0.2) is 0 Å². The Bertz CT molecular complexity index is 493. The fourth-order valence-corrected chi connectivity index (χ4v) is 3.08. The number of nitrogens with two attached hydrogens (primary N) is 1. The van der Waals surface area contributed by atoms with Crippen LogP contribution in [0.4, 0.5) is 0 Å². The Kier molecular flexibility index (Phi) is 5.98. The molecule has 1 aliphatic heterocycles. The molecule has 0 radical (unpaired) electrons. The number of nitrogens with zero attached hydrogens (tertiary/aromatic N) is 2. The van der Waals surface area contributed by atoms with Crippen molar-refractivity contribution in [2.45, 2.75) is 39.3 Å². The van der Waals surface area contributed by atoms with Gasteiger partial charge in [0.05, 0.1) is 6.54 Å². The molecule has 1 atom stereocenters. The maximum atomic E-state index is 12.4. The van der Waals surface area contributed by atoms with Crippen molar-refractivity contribution in [3.05, 3.63) is 35.4 Å². The minimum Gasteiger partial charge on any atom is -0.340 e. The van der Waals surface area contributed by atoms with E-state index in [2.05, 4.69) is 30.9 Å². The summed E-state index contributed by atoms with van der Waals surface area (Å²) >= 11 is 0. The van der Waals surface area contributed by atoms with Gasteiger partial charge in [-0.05, 0) is 56.8 Å². The normalized spacial score (nSPS) is 18.2. The smallest absolute Gasteiger partial charge is 0.236 e. The molecule has 22 heavy (non-hydrogen) atoms. The van der Waals surface area contributed by atoms with E-state index in [4.69, 9.17) is 5.73 Å². The monoisotopic (exact) mass is 303 g/mol. The molecule has 1 amide bonds. The van der Waals surface area contributed by atoms with Crippen LogP contribution >= 0.6 is 0 Å². The van der Waals surface area contributed by atoms with Gasteiger partial charge in [-0.2, -0.15) is 0 Å².